The lowest BCUT2D eigenvalue weighted by atomic mass is 10.1. The average Bonchev–Trinajstić information content (AvgIpc) is 3.37. The minimum Gasteiger partial charge on any atom is -0.497 e. The Labute approximate surface area is 198 Å². The molecule has 34 heavy (non-hydrogen) atoms. The predicted molar refractivity (Wildman–Crippen MR) is 132 cm³/mol. The van der Waals surface area contributed by atoms with E-state index in [-0.39, 0.29) is 0 Å². The molecule has 0 bridgehead atoms. The zero-order valence-electron chi connectivity index (χ0n) is 19.1. The zero-order chi connectivity index (χ0) is 22.9. The van der Waals surface area contributed by atoms with Gasteiger partial charge in [0.2, 0.25) is 6.79 Å². The maximum atomic E-state index is 5.53. The Kier molecular flexibility index (Phi) is 5.39. The predicted octanol–water partition coefficient (Wildman–Crippen LogP) is 4.36. The van der Waals surface area contributed by atoms with Crippen LogP contribution in [0.2, 0.25) is 0 Å². The van der Waals surface area contributed by atoms with Crippen LogP contribution >= 0.6 is 0 Å². The van der Waals surface area contributed by atoms with Gasteiger partial charge in [-0.2, -0.15) is 0 Å². The van der Waals surface area contributed by atoms with Gasteiger partial charge in [0.15, 0.2) is 17.3 Å². The Balaban J connectivity index is 1.22. The third kappa shape index (κ3) is 3.99. The van der Waals surface area contributed by atoms with Crippen LogP contribution in [0, 0.1) is 0 Å². The van der Waals surface area contributed by atoms with Crippen molar-refractivity contribution in [3.63, 3.8) is 0 Å². The monoisotopic (exact) mass is 454 g/mol. The number of aromatic nitrogens is 2. The molecule has 4 aromatic rings. The first kappa shape index (κ1) is 20.7. The highest BCUT2D eigenvalue weighted by Gasteiger charge is 2.22. The normalized spacial score (nSPS) is 15.6. The Morgan fingerprint density at radius 2 is 1.65 bits per heavy atom. The molecule has 0 N–H and O–H groups in total. The van der Waals surface area contributed by atoms with Crippen LogP contribution in [0.4, 0.5) is 5.82 Å². The van der Waals surface area contributed by atoms with Gasteiger partial charge in [-0.3, -0.25) is 4.90 Å². The molecule has 0 saturated carbocycles. The summed E-state index contributed by atoms with van der Waals surface area (Å²) in [5.41, 5.74) is 3.18. The van der Waals surface area contributed by atoms with E-state index in [2.05, 4.69) is 40.1 Å². The Morgan fingerprint density at radius 1 is 0.853 bits per heavy atom. The van der Waals surface area contributed by atoms with E-state index < -0.39 is 0 Å². The van der Waals surface area contributed by atoms with Crippen molar-refractivity contribution < 1.29 is 14.2 Å². The van der Waals surface area contributed by atoms with Crippen molar-refractivity contribution in [2.24, 2.45) is 0 Å². The number of benzene rings is 3. The van der Waals surface area contributed by atoms with Crippen molar-refractivity contribution in [3.05, 3.63) is 72.3 Å². The molecule has 0 atom stereocenters. The molecule has 172 valence electrons. The summed E-state index contributed by atoms with van der Waals surface area (Å²) < 4.78 is 16.3. The minimum atomic E-state index is 0.308. The van der Waals surface area contributed by atoms with Crippen molar-refractivity contribution in [1.29, 1.82) is 0 Å². The second-order valence-electron chi connectivity index (χ2n) is 8.57. The van der Waals surface area contributed by atoms with Crippen molar-refractivity contribution in [2.45, 2.75) is 6.54 Å². The number of methoxy groups -OCH3 is 1. The molecule has 1 aromatic heterocycles. The van der Waals surface area contributed by atoms with Crippen LogP contribution in [0.25, 0.3) is 22.3 Å². The molecule has 0 spiro atoms. The molecule has 0 radical (unpaired) electrons. The Morgan fingerprint density at radius 3 is 2.47 bits per heavy atom. The zero-order valence-corrected chi connectivity index (χ0v) is 19.1. The van der Waals surface area contributed by atoms with Crippen molar-refractivity contribution in [2.75, 3.05) is 45.0 Å². The highest BCUT2D eigenvalue weighted by atomic mass is 16.7. The van der Waals surface area contributed by atoms with Gasteiger partial charge in [0.1, 0.15) is 11.6 Å². The molecule has 1 fully saturated rings. The van der Waals surface area contributed by atoms with E-state index in [0.717, 1.165) is 78.1 Å². The molecule has 2 aliphatic heterocycles. The number of anilines is 1. The molecule has 7 nitrogen and oxygen atoms in total. The summed E-state index contributed by atoms with van der Waals surface area (Å²) in [5.74, 6) is 4.23. The quantitative estimate of drug-likeness (QED) is 0.444. The fraction of sp³-hybridized carbons (Fsp3) is 0.259. The van der Waals surface area contributed by atoms with Crippen molar-refractivity contribution in [3.8, 4) is 28.6 Å². The molecule has 0 amide bonds. The number of para-hydroxylation sites is 1. The number of piperazine rings is 1. The van der Waals surface area contributed by atoms with Gasteiger partial charge in [0.25, 0.3) is 0 Å². The van der Waals surface area contributed by atoms with Gasteiger partial charge in [0, 0.05) is 43.7 Å². The van der Waals surface area contributed by atoms with Crippen LogP contribution < -0.4 is 19.1 Å². The first-order chi connectivity index (χ1) is 16.8. The average molecular weight is 455 g/mol. The first-order valence-electron chi connectivity index (χ1n) is 11.5. The molecule has 0 aliphatic carbocycles. The molecule has 3 heterocycles. The maximum absolute atomic E-state index is 5.53. The van der Waals surface area contributed by atoms with Crippen LogP contribution in [0.1, 0.15) is 5.56 Å². The SMILES string of the molecule is COc1ccc(-c2nc(N3CCN(Cc4ccc5c(c4)OCO5)CC3)c3ccccc3n2)cc1. The standard InChI is InChI=1S/C27H26N4O3/c1-32-21-9-7-20(8-10-21)26-28-23-5-3-2-4-22(23)27(29-26)31-14-12-30(13-15-31)17-19-6-11-24-25(16-19)34-18-33-24/h2-11,16H,12-15,17-18H2,1H3. The lowest BCUT2D eigenvalue weighted by Crippen LogP contribution is -2.46. The second kappa shape index (κ2) is 8.83. The molecule has 6 rings (SSSR count). The van der Waals surface area contributed by atoms with Crippen molar-refractivity contribution in [1.82, 2.24) is 14.9 Å². The molecule has 2 aliphatic rings. The lowest BCUT2D eigenvalue weighted by Gasteiger charge is -2.36. The van der Waals surface area contributed by atoms with E-state index in [0.29, 0.717) is 6.79 Å². The van der Waals surface area contributed by atoms with Crippen LogP contribution in [-0.4, -0.2) is 54.9 Å². The Bertz CT molecular complexity index is 1320. The third-order valence-electron chi connectivity index (χ3n) is 6.45. The van der Waals surface area contributed by atoms with E-state index in [9.17, 15) is 0 Å². The van der Waals surface area contributed by atoms with E-state index in [1.54, 1.807) is 7.11 Å². The summed E-state index contributed by atoms with van der Waals surface area (Å²) in [6.45, 7) is 4.95. The number of ether oxygens (including phenoxy) is 3. The van der Waals surface area contributed by atoms with Gasteiger partial charge >= 0.3 is 0 Å². The summed E-state index contributed by atoms with van der Waals surface area (Å²) in [7, 11) is 1.67. The van der Waals surface area contributed by atoms with Crippen LogP contribution in [0.3, 0.4) is 0 Å². The largest absolute Gasteiger partial charge is 0.497 e. The Hall–Kier alpha value is -3.84. The highest BCUT2D eigenvalue weighted by molar-refractivity contribution is 5.91. The molecule has 3 aromatic carbocycles. The number of fused-ring (bicyclic) bond motifs is 2. The molecular weight excluding hydrogens is 428 g/mol. The molecule has 1 saturated heterocycles. The van der Waals surface area contributed by atoms with E-state index in [1.807, 2.05) is 36.4 Å². The summed E-state index contributed by atoms with van der Waals surface area (Å²) in [5, 5.41) is 1.09. The first-order valence-corrected chi connectivity index (χ1v) is 11.5. The van der Waals surface area contributed by atoms with Gasteiger partial charge < -0.3 is 19.1 Å². The van der Waals surface area contributed by atoms with Crippen LogP contribution in [0.5, 0.6) is 17.2 Å². The summed E-state index contributed by atoms with van der Waals surface area (Å²) in [6.07, 6.45) is 0. The lowest BCUT2D eigenvalue weighted by molar-refractivity contribution is 0.174. The van der Waals surface area contributed by atoms with Gasteiger partial charge in [-0.15, -0.1) is 0 Å². The fourth-order valence-electron chi connectivity index (χ4n) is 4.59. The number of hydrogen-bond donors (Lipinski definition) is 0. The minimum absolute atomic E-state index is 0.308. The summed E-state index contributed by atoms with van der Waals surface area (Å²) in [4.78, 5) is 14.7. The third-order valence-corrected chi connectivity index (χ3v) is 6.45. The second-order valence-corrected chi connectivity index (χ2v) is 8.57. The number of rotatable bonds is 5. The smallest absolute Gasteiger partial charge is 0.231 e. The van der Waals surface area contributed by atoms with E-state index >= 15 is 0 Å². The molecule has 7 heteroatoms. The van der Waals surface area contributed by atoms with Gasteiger partial charge in [-0.05, 0) is 54.1 Å². The van der Waals surface area contributed by atoms with E-state index in [4.69, 9.17) is 24.2 Å². The summed E-state index contributed by atoms with van der Waals surface area (Å²) >= 11 is 0. The summed E-state index contributed by atoms with van der Waals surface area (Å²) in [6, 6.07) is 22.4. The van der Waals surface area contributed by atoms with Gasteiger partial charge in [0.05, 0.1) is 12.6 Å². The van der Waals surface area contributed by atoms with Crippen LogP contribution in [0.15, 0.2) is 66.7 Å². The fourth-order valence-corrected chi connectivity index (χ4v) is 4.59. The number of hydrogen-bond acceptors (Lipinski definition) is 7. The highest BCUT2D eigenvalue weighted by Crippen LogP contribution is 2.33. The maximum Gasteiger partial charge on any atom is 0.231 e. The molecule has 0 unspecified atom stereocenters. The van der Waals surface area contributed by atoms with Crippen molar-refractivity contribution >= 4 is 16.7 Å². The molecular formula is C27H26N4O3. The number of nitrogens with zero attached hydrogens (tertiary/aromatic N) is 4. The van der Waals surface area contributed by atoms with Crippen LogP contribution in [-0.2, 0) is 6.54 Å². The topological polar surface area (TPSA) is 60.0 Å². The van der Waals surface area contributed by atoms with Gasteiger partial charge in [-0.25, -0.2) is 9.97 Å². The van der Waals surface area contributed by atoms with Gasteiger partial charge in [-0.1, -0.05) is 18.2 Å². The van der Waals surface area contributed by atoms with E-state index in [1.165, 1.54) is 5.56 Å².